The van der Waals surface area contributed by atoms with Crippen molar-refractivity contribution in [3.05, 3.63) is 47.3 Å². The summed E-state index contributed by atoms with van der Waals surface area (Å²) in [6, 6.07) is 10.7. The Morgan fingerprint density at radius 1 is 1.32 bits per heavy atom. The molecule has 0 aliphatic carbocycles. The first-order valence-corrected chi connectivity index (χ1v) is 7.56. The van der Waals surface area contributed by atoms with E-state index in [9.17, 15) is 0 Å². The third kappa shape index (κ3) is 3.61. The average molecular weight is 275 g/mol. The summed E-state index contributed by atoms with van der Waals surface area (Å²) < 4.78 is 1.91. The minimum Gasteiger partial charge on any atom is -0.324 e. The number of nitrogens with zero attached hydrogens (tertiary/aromatic N) is 2. The van der Waals surface area contributed by atoms with Gasteiger partial charge >= 0.3 is 0 Å². The summed E-state index contributed by atoms with van der Waals surface area (Å²) in [6.45, 7) is 4.17. The van der Waals surface area contributed by atoms with Crippen LogP contribution in [0, 0.1) is 6.92 Å². The number of thioether (sulfide) groups is 1. The topological polar surface area (TPSA) is 43.8 Å². The van der Waals surface area contributed by atoms with E-state index in [0.29, 0.717) is 0 Å². The summed E-state index contributed by atoms with van der Waals surface area (Å²) in [5.41, 5.74) is 9.68. The Labute approximate surface area is 119 Å². The standard InChI is InChI=1S/C15H21N3S/c1-4-19-14-7-5-12(6-8-14)15(16)10-13-9-11(2)17-18(13)3/h5-9,15H,4,10,16H2,1-3H3. The van der Waals surface area contributed by atoms with Gasteiger partial charge in [-0.3, -0.25) is 4.68 Å². The second kappa shape index (κ2) is 6.26. The number of rotatable bonds is 5. The van der Waals surface area contributed by atoms with Crippen LogP contribution >= 0.6 is 11.8 Å². The smallest absolute Gasteiger partial charge is 0.0596 e. The van der Waals surface area contributed by atoms with E-state index in [1.165, 1.54) is 16.2 Å². The molecule has 4 heteroatoms. The van der Waals surface area contributed by atoms with Gasteiger partial charge in [-0.05, 0) is 36.4 Å². The lowest BCUT2D eigenvalue weighted by Gasteiger charge is -2.12. The summed E-state index contributed by atoms with van der Waals surface area (Å²) in [5.74, 6) is 1.10. The van der Waals surface area contributed by atoms with Crippen LogP contribution in [0.15, 0.2) is 35.2 Å². The van der Waals surface area contributed by atoms with Crippen LogP contribution in [-0.4, -0.2) is 15.5 Å². The largest absolute Gasteiger partial charge is 0.324 e. The highest BCUT2D eigenvalue weighted by atomic mass is 32.2. The van der Waals surface area contributed by atoms with Gasteiger partial charge in [-0.2, -0.15) is 5.10 Å². The highest BCUT2D eigenvalue weighted by Crippen LogP contribution is 2.21. The number of aromatic nitrogens is 2. The molecule has 1 heterocycles. The minimum absolute atomic E-state index is 0.0236. The fourth-order valence-corrected chi connectivity index (χ4v) is 2.84. The van der Waals surface area contributed by atoms with Crippen LogP contribution < -0.4 is 5.73 Å². The van der Waals surface area contributed by atoms with E-state index in [2.05, 4.69) is 42.4 Å². The predicted molar refractivity (Wildman–Crippen MR) is 81.4 cm³/mol. The van der Waals surface area contributed by atoms with E-state index < -0.39 is 0 Å². The van der Waals surface area contributed by atoms with Crippen molar-refractivity contribution >= 4 is 11.8 Å². The van der Waals surface area contributed by atoms with Crippen molar-refractivity contribution in [2.75, 3.05) is 5.75 Å². The molecule has 102 valence electrons. The minimum atomic E-state index is 0.0236. The van der Waals surface area contributed by atoms with Crippen molar-refractivity contribution < 1.29 is 0 Å². The van der Waals surface area contributed by atoms with Crippen molar-refractivity contribution in [2.45, 2.75) is 31.2 Å². The lowest BCUT2D eigenvalue weighted by atomic mass is 10.0. The lowest BCUT2D eigenvalue weighted by molar-refractivity contribution is 0.639. The maximum absolute atomic E-state index is 6.28. The third-order valence-electron chi connectivity index (χ3n) is 3.15. The van der Waals surface area contributed by atoms with Crippen molar-refractivity contribution in [1.29, 1.82) is 0 Å². The molecule has 0 aliphatic rings. The van der Waals surface area contributed by atoms with Gasteiger partial charge in [0.15, 0.2) is 0 Å². The molecule has 2 N–H and O–H groups in total. The van der Waals surface area contributed by atoms with E-state index in [4.69, 9.17) is 5.73 Å². The zero-order valence-electron chi connectivity index (χ0n) is 11.8. The van der Waals surface area contributed by atoms with Crippen LogP contribution in [0.1, 0.15) is 29.9 Å². The number of nitrogens with two attached hydrogens (primary N) is 1. The van der Waals surface area contributed by atoms with E-state index >= 15 is 0 Å². The van der Waals surface area contributed by atoms with Gasteiger partial charge in [-0.25, -0.2) is 0 Å². The van der Waals surface area contributed by atoms with Gasteiger partial charge in [0.1, 0.15) is 0 Å². The summed E-state index contributed by atoms with van der Waals surface area (Å²) >= 11 is 1.85. The highest BCUT2D eigenvalue weighted by Gasteiger charge is 2.10. The second-order valence-corrected chi connectivity index (χ2v) is 6.05. The molecule has 1 unspecified atom stereocenters. The SMILES string of the molecule is CCSc1ccc(C(N)Cc2cc(C)nn2C)cc1. The van der Waals surface area contributed by atoms with Crippen LogP contribution in [0.4, 0.5) is 0 Å². The van der Waals surface area contributed by atoms with E-state index in [1.54, 1.807) is 0 Å². The maximum Gasteiger partial charge on any atom is 0.0596 e. The Bertz CT molecular complexity index is 531. The van der Waals surface area contributed by atoms with Crippen LogP contribution in [0.5, 0.6) is 0 Å². The van der Waals surface area contributed by atoms with Crippen LogP contribution in [0.3, 0.4) is 0 Å². The fraction of sp³-hybridized carbons (Fsp3) is 0.400. The van der Waals surface area contributed by atoms with Gasteiger partial charge in [0.05, 0.1) is 5.69 Å². The summed E-state index contributed by atoms with van der Waals surface area (Å²) in [6.07, 6.45) is 0.817. The van der Waals surface area contributed by atoms with Gasteiger partial charge in [0.25, 0.3) is 0 Å². The first-order chi connectivity index (χ1) is 9.10. The number of hydrogen-bond donors (Lipinski definition) is 1. The summed E-state index contributed by atoms with van der Waals surface area (Å²) in [7, 11) is 1.97. The molecule has 1 atom stereocenters. The molecule has 0 radical (unpaired) electrons. The van der Waals surface area contributed by atoms with E-state index in [1.807, 2.05) is 30.4 Å². The Morgan fingerprint density at radius 3 is 2.53 bits per heavy atom. The molecule has 3 nitrogen and oxygen atoms in total. The zero-order valence-corrected chi connectivity index (χ0v) is 12.6. The summed E-state index contributed by atoms with van der Waals surface area (Å²) in [5, 5.41) is 4.35. The predicted octanol–water partition coefficient (Wildman–Crippen LogP) is 3.08. The number of benzene rings is 1. The molecule has 0 saturated carbocycles. The highest BCUT2D eigenvalue weighted by molar-refractivity contribution is 7.99. The molecule has 0 fully saturated rings. The molecule has 0 amide bonds. The molecular weight excluding hydrogens is 254 g/mol. The van der Waals surface area contributed by atoms with E-state index in [-0.39, 0.29) is 6.04 Å². The Balaban J connectivity index is 2.07. The molecule has 0 spiro atoms. The van der Waals surface area contributed by atoms with Crippen molar-refractivity contribution in [3.63, 3.8) is 0 Å². The molecule has 1 aromatic carbocycles. The van der Waals surface area contributed by atoms with Gasteiger partial charge in [0.2, 0.25) is 0 Å². The second-order valence-electron chi connectivity index (χ2n) is 4.71. The van der Waals surface area contributed by atoms with Gasteiger partial charge in [-0.15, -0.1) is 11.8 Å². The Morgan fingerprint density at radius 2 is 2.00 bits per heavy atom. The van der Waals surface area contributed by atoms with Crippen LogP contribution in [-0.2, 0) is 13.5 Å². The average Bonchev–Trinajstić information content (AvgIpc) is 2.69. The number of aryl methyl sites for hydroxylation is 2. The summed E-state index contributed by atoms with van der Waals surface area (Å²) in [4.78, 5) is 1.30. The van der Waals surface area contributed by atoms with Crippen molar-refractivity contribution in [3.8, 4) is 0 Å². The molecule has 0 aliphatic heterocycles. The van der Waals surface area contributed by atoms with Crippen molar-refractivity contribution in [1.82, 2.24) is 9.78 Å². The van der Waals surface area contributed by atoms with Crippen LogP contribution in [0.25, 0.3) is 0 Å². The van der Waals surface area contributed by atoms with Crippen molar-refractivity contribution in [2.24, 2.45) is 12.8 Å². The first kappa shape index (κ1) is 14.2. The normalized spacial score (nSPS) is 12.6. The molecule has 2 aromatic rings. The quantitative estimate of drug-likeness (QED) is 0.853. The van der Waals surface area contributed by atoms with E-state index in [0.717, 1.165) is 17.9 Å². The van der Waals surface area contributed by atoms with Gasteiger partial charge < -0.3 is 5.73 Å². The zero-order chi connectivity index (χ0) is 13.8. The van der Waals surface area contributed by atoms with Gasteiger partial charge in [0, 0.05) is 30.1 Å². The molecule has 19 heavy (non-hydrogen) atoms. The first-order valence-electron chi connectivity index (χ1n) is 6.58. The molecular formula is C15H21N3S. The lowest BCUT2D eigenvalue weighted by Crippen LogP contribution is -2.15. The number of hydrogen-bond acceptors (Lipinski definition) is 3. The molecule has 0 saturated heterocycles. The van der Waals surface area contributed by atoms with Gasteiger partial charge in [-0.1, -0.05) is 19.1 Å². The molecule has 0 bridgehead atoms. The third-order valence-corrected chi connectivity index (χ3v) is 4.04. The monoisotopic (exact) mass is 275 g/mol. The maximum atomic E-state index is 6.28. The molecule has 2 rings (SSSR count). The molecule has 1 aromatic heterocycles. The fourth-order valence-electron chi connectivity index (χ4n) is 2.18. The Kier molecular flexibility index (Phi) is 4.66. The van der Waals surface area contributed by atoms with Crippen LogP contribution in [0.2, 0.25) is 0 Å². The Hall–Kier alpha value is -1.26.